The summed E-state index contributed by atoms with van der Waals surface area (Å²) in [6.45, 7) is 6.38. The van der Waals surface area contributed by atoms with Crippen LogP contribution in [0.2, 0.25) is 0 Å². The summed E-state index contributed by atoms with van der Waals surface area (Å²) in [6.07, 6.45) is 86.1. The van der Waals surface area contributed by atoms with Gasteiger partial charge in [0.25, 0.3) is 0 Å². The zero-order chi connectivity index (χ0) is 54.3. The Morgan fingerprint density at radius 1 is 0.280 bits per heavy atom. The van der Waals surface area contributed by atoms with E-state index in [2.05, 4.69) is 142 Å². The number of esters is 3. The molecule has 0 radical (unpaired) electrons. The predicted octanol–water partition coefficient (Wildman–Crippen LogP) is 21.2. The van der Waals surface area contributed by atoms with Crippen molar-refractivity contribution in [2.45, 2.75) is 284 Å². The lowest BCUT2D eigenvalue weighted by molar-refractivity contribution is -0.167. The Balaban J connectivity index is 4.45. The molecule has 0 heterocycles. The van der Waals surface area contributed by atoms with Gasteiger partial charge in [-0.05, 0) is 128 Å². The van der Waals surface area contributed by atoms with Crippen LogP contribution in [0.1, 0.15) is 278 Å². The van der Waals surface area contributed by atoms with E-state index in [-0.39, 0.29) is 31.1 Å². The van der Waals surface area contributed by atoms with Crippen molar-refractivity contribution < 1.29 is 28.6 Å². The third kappa shape index (κ3) is 60.6. The van der Waals surface area contributed by atoms with Gasteiger partial charge in [0.15, 0.2) is 6.10 Å². The Kier molecular flexibility index (Phi) is 58.9. The molecule has 0 aromatic carbocycles. The van der Waals surface area contributed by atoms with E-state index in [0.717, 1.165) is 141 Å². The van der Waals surface area contributed by atoms with Gasteiger partial charge in [-0.15, -0.1) is 0 Å². The predicted molar refractivity (Wildman–Crippen MR) is 325 cm³/mol. The van der Waals surface area contributed by atoms with Crippen molar-refractivity contribution in [2.24, 2.45) is 0 Å². The van der Waals surface area contributed by atoms with Gasteiger partial charge in [-0.2, -0.15) is 0 Å². The first kappa shape index (κ1) is 70.8. The largest absolute Gasteiger partial charge is 0.462 e. The molecule has 6 nitrogen and oxygen atoms in total. The number of carbonyl (C=O) groups excluding carboxylic acids is 3. The monoisotopic (exact) mass is 1040 g/mol. The normalized spacial score (nSPS) is 12.9. The van der Waals surface area contributed by atoms with Gasteiger partial charge in [0, 0.05) is 19.3 Å². The molecular formula is C69H114O6. The van der Waals surface area contributed by atoms with Gasteiger partial charge in [0.05, 0.1) is 0 Å². The Bertz CT molecular complexity index is 1570. The molecule has 0 saturated carbocycles. The average molecular weight is 1040 g/mol. The Morgan fingerprint density at radius 2 is 0.520 bits per heavy atom. The third-order valence-corrected chi connectivity index (χ3v) is 12.9. The first-order valence-corrected chi connectivity index (χ1v) is 31.0. The molecule has 0 aliphatic carbocycles. The molecule has 0 saturated heterocycles. The average Bonchev–Trinajstić information content (AvgIpc) is 3.41. The molecule has 0 aliphatic rings. The first-order chi connectivity index (χ1) is 37.0. The van der Waals surface area contributed by atoms with Crippen LogP contribution in [0.4, 0.5) is 0 Å². The molecule has 0 fully saturated rings. The van der Waals surface area contributed by atoms with E-state index in [1.54, 1.807) is 0 Å². The van der Waals surface area contributed by atoms with Gasteiger partial charge < -0.3 is 14.2 Å². The number of carbonyl (C=O) groups is 3. The molecule has 426 valence electrons. The van der Waals surface area contributed by atoms with Crippen LogP contribution in [0.3, 0.4) is 0 Å². The van der Waals surface area contributed by atoms with Gasteiger partial charge in [-0.25, -0.2) is 0 Å². The lowest BCUT2D eigenvalue weighted by Crippen LogP contribution is -2.30. The van der Waals surface area contributed by atoms with E-state index >= 15 is 0 Å². The molecule has 0 aromatic rings. The number of rotatable bonds is 55. The maximum absolute atomic E-state index is 12.9. The van der Waals surface area contributed by atoms with E-state index in [4.69, 9.17) is 14.2 Å². The molecule has 1 atom stereocenters. The summed E-state index contributed by atoms with van der Waals surface area (Å²) in [4.78, 5) is 38.3. The number of hydrogen-bond acceptors (Lipinski definition) is 6. The highest BCUT2D eigenvalue weighted by molar-refractivity contribution is 5.71. The topological polar surface area (TPSA) is 78.9 Å². The van der Waals surface area contributed by atoms with Crippen LogP contribution < -0.4 is 0 Å². The van der Waals surface area contributed by atoms with Gasteiger partial charge >= 0.3 is 17.9 Å². The number of unbranched alkanes of at least 4 members (excludes halogenated alkanes) is 24. The number of hydrogen-bond donors (Lipinski definition) is 0. The van der Waals surface area contributed by atoms with E-state index in [9.17, 15) is 14.4 Å². The van der Waals surface area contributed by atoms with Crippen molar-refractivity contribution in [3.8, 4) is 0 Å². The summed E-state index contributed by atoms with van der Waals surface area (Å²) in [5.41, 5.74) is 0. The fourth-order valence-corrected chi connectivity index (χ4v) is 8.34. The second-order valence-corrected chi connectivity index (χ2v) is 20.2. The fourth-order valence-electron chi connectivity index (χ4n) is 8.34. The van der Waals surface area contributed by atoms with Crippen LogP contribution in [-0.2, 0) is 28.6 Å². The summed E-state index contributed by atoms with van der Waals surface area (Å²) in [7, 11) is 0. The Morgan fingerprint density at radius 3 is 0.813 bits per heavy atom. The summed E-state index contributed by atoms with van der Waals surface area (Å²) < 4.78 is 16.9. The van der Waals surface area contributed by atoms with Gasteiger partial charge in [0.1, 0.15) is 13.2 Å². The zero-order valence-corrected chi connectivity index (χ0v) is 48.8. The van der Waals surface area contributed by atoms with Crippen molar-refractivity contribution in [3.05, 3.63) is 122 Å². The lowest BCUT2D eigenvalue weighted by Gasteiger charge is -2.18. The SMILES string of the molecule is CC/C=C\C/C=C\C/C=C\C/C=C\CCCCCCCCCCC(=O)OCC(COC(=O)CCCCCCCCC/C=C\C/C=C\C/C=C\CC)OC(=O)CCCCCCCC/C=C\C/C=C\C/C=C\CCCCC. The minimum absolute atomic E-state index is 0.0934. The second kappa shape index (κ2) is 62.4. The van der Waals surface area contributed by atoms with Crippen molar-refractivity contribution >= 4 is 17.9 Å². The molecule has 0 amide bonds. The number of ether oxygens (including phenoxy) is 3. The minimum atomic E-state index is -0.798. The van der Waals surface area contributed by atoms with Crippen LogP contribution in [0.5, 0.6) is 0 Å². The van der Waals surface area contributed by atoms with E-state index < -0.39 is 6.10 Å². The highest BCUT2D eigenvalue weighted by Gasteiger charge is 2.19. The first-order valence-electron chi connectivity index (χ1n) is 31.0. The van der Waals surface area contributed by atoms with Crippen LogP contribution in [0.15, 0.2) is 122 Å². The Hall–Kier alpha value is -4.19. The van der Waals surface area contributed by atoms with E-state index in [1.807, 2.05) is 0 Å². The summed E-state index contributed by atoms with van der Waals surface area (Å²) in [6, 6.07) is 0. The van der Waals surface area contributed by atoms with Gasteiger partial charge in [0.2, 0.25) is 0 Å². The molecule has 75 heavy (non-hydrogen) atoms. The van der Waals surface area contributed by atoms with Crippen molar-refractivity contribution in [1.82, 2.24) is 0 Å². The molecule has 0 aliphatic heterocycles. The molecule has 1 unspecified atom stereocenters. The highest BCUT2D eigenvalue weighted by Crippen LogP contribution is 2.15. The maximum Gasteiger partial charge on any atom is 0.306 e. The van der Waals surface area contributed by atoms with Crippen LogP contribution in [0.25, 0.3) is 0 Å². The van der Waals surface area contributed by atoms with Crippen LogP contribution in [0, 0.1) is 0 Å². The molecular weight excluding hydrogens is 925 g/mol. The van der Waals surface area contributed by atoms with Crippen molar-refractivity contribution in [2.75, 3.05) is 13.2 Å². The lowest BCUT2D eigenvalue weighted by atomic mass is 10.1. The Labute approximate surface area is 462 Å². The summed E-state index contributed by atoms with van der Waals surface area (Å²) in [5, 5.41) is 0. The standard InChI is InChI=1S/C69H114O6/c1-4-7-10-13-16-19-22-25-28-31-33-34-36-38-41-44-47-50-53-56-59-62-68(71)74-65-66(64-73-67(70)61-58-55-52-49-46-43-40-37-30-27-24-21-18-15-12-9-6-3)75-69(72)63-60-57-54-51-48-45-42-39-35-32-29-26-23-20-17-14-11-8-5-2/h7,9-10,12,16-21,25-30,33-35,39,66H,4-6,8,11,13-15,22-24,31-32,36-38,40-65H2,1-3H3/b10-7-,12-9-,19-16-,20-17-,21-18-,28-25-,29-26-,30-27-,34-33-,39-35-. The van der Waals surface area contributed by atoms with Crippen LogP contribution in [-0.4, -0.2) is 37.2 Å². The van der Waals surface area contributed by atoms with Crippen molar-refractivity contribution in [1.29, 1.82) is 0 Å². The van der Waals surface area contributed by atoms with Crippen LogP contribution >= 0.6 is 0 Å². The molecule has 0 spiro atoms. The highest BCUT2D eigenvalue weighted by atomic mass is 16.6. The fraction of sp³-hybridized carbons (Fsp3) is 0.667. The summed E-state index contributed by atoms with van der Waals surface area (Å²) >= 11 is 0. The minimum Gasteiger partial charge on any atom is -0.462 e. The number of allylic oxidation sites excluding steroid dienone is 20. The van der Waals surface area contributed by atoms with E-state index in [0.29, 0.717) is 19.3 Å². The molecule has 0 bridgehead atoms. The van der Waals surface area contributed by atoms with Crippen molar-refractivity contribution in [3.63, 3.8) is 0 Å². The van der Waals surface area contributed by atoms with Gasteiger partial charge in [-0.3, -0.25) is 14.4 Å². The maximum atomic E-state index is 12.9. The zero-order valence-electron chi connectivity index (χ0n) is 48.8. The van der Waals surface area contributed by atoms with Gasteiger partial charge in [-0.1, -0.05) is 251 Å². The molecule has 0 N–H and O–H groups in total. The summed E-state index contributed by atoms with van der Waals surface area (Å²) in [5.74, 6) is -0.920. The quantitative estimate of drug-likeness (QED) is 0.0261. The molecule has 6 heteroatoms. The second-order valence-electron chi connectivity index (χ2n) is 20.2. The molecule has 0 rings (SSSR count). The smallest absolute Gasteiger partial charge is 0.306 e. The molecule has 0 aromatic heterocycles. The third-order valence-electron chi connectivity index (χ3n) is 12.9. The van der Waals surface area contributed by atoms with E-state index in [1.165, 1.54) is 96.3 Å².